The SMILES string of the molecule is C[Si](C)(C)CCOCn1ccc2c(N3CC[C@@H](C(=O)O)C4(CC4)C3)ncnc21.O=C(OCC1(CO)CC1)[C@@H]1CCN(c2ncnc3[nH]ccc23)CC12CC2.OCC1(CO)CC1. The largest absolute Gasteiger partial charge is 0.481 e. The number of aliphatic hydroxyl groups excluding tert-OH is 3. The number of ether oxygens (including phenoxy) is 2. The molecule has 332 valence electrons. The maximum atomic E-state index is 12.7. The number of anilines is 2. The minimum absolute atomic E-state index is 0.0266. The summed E-state index contributed by atoms with van der Waals surface area (Å²) in [6.45, 7) is 12.2. The van der Waals surface area contributed by atoms with Crippen molar-refractivity contribution in [2.45, 2.75) is 96.6 Å². The van der Waals surface area contributed by atoms with Crippen molar-refractivity contribution in [1.82, 2.24) is 29.5 Å². The maximum absolute atomic E-state index is 12.7. The van der Waals surface area contributed by atoms with E-state index in [1.54, 1.807) is 12.7 Å². The van der Waals surface area contributed by atoms with Crippen molar-refractivity contribution in [1.29, 1.82) is 0 Å². The number of aromatic amines is 1. The van der Waals surface area contributed by atoms with Crippen LogP contribution in [0.25, 0.3) is 22.1 Å². The van der Waals surface area contributed by atoms with Crippen LogP contribution in [0.5, 0.6) is 0 Å². The highest BCUT2D eigenvalue weighted by Crippen LogP contribution is 2.58. The molecule has 0 radical (unpaired) electrons. The van der Waals surface area contributed by atoms with Gasteiger partial charge in [-0.1, -0.05) is 19.6 Å². The van der Waals surface area contributed by atoms with E-state index in [0.29, 0.717) is 19.8 Å². The van der Waals surface area contributed by atoms with E-state index in [1.807, 2.05) is 23.0 Å². The van der Waals surface area contributed by atoms with E-state index in [4.69, 9.17) is 19.7 Å². The normalized spacial score (nSPS) is 23.5. The Morgan fingerprint density at radius 3 is 1.93 bits per heavy atom. The first-order chi connectivity index (χ1) is 29.3. The molecule has 6 aliphatic rings. The fraction of sp³-hybridized carbons (Fsp3) is 0.682. The van der Waals surface area contributed by atoms with Crippen LogP contribution in [-0.4, -0.2) is 129 Å². The average molecular weight is 861 g/mol. The van der Waals surface area contributed by atoms with Crippen molar-refractivity contribution in [2.75, 3.05) is 69.0 Å². The van der Waals surface area contributed by atoms with Crippen molar-refractivity contribution in [3.8, 4) is 0 Å². The van der Waals surface area contributed by atoms with Crippen molar-refractivity contribution in [3.05, 3.63) is 37.2 Å². The molecule has 2 saturated heterocycles. The van der Waals surface area contributed by atoms with E-state index in [-0.39, 0.29) is 59.3 Å². The van der Waals surface area contributed by atoms with Crippen molar-refractivity contribution in [2.24, 2.45) is 33.5 Å². The number of carboxylic acid groups (broad SMARTS) is 1. The third-order valence-corrected chi connectivity index (χ3v) is 16.1. The van der Waals surface area contributed by atoms with E-state index < -0.39 is 14.0 Å². The highest BCUT2D eigenvalue weighted by Gasteiger charge is 2.57. The minimum Gasteiger partial charge on any atom is -0.481 e. The van der Waals surface area contributed by atoms with Crippen LogP contribution in [0.15, 0.2) is 37.2 Å². The summed E-state index contributed by atoms with van der Waals surface area (Å²) in [5.74, 6) is 0.901. The van der Waals surface area contributed by atoms with Gasteiger partial charge < -0.3 is 49.3 Å². The number of aromatic nitrogens is 6. The Hall–Kier alpha value is -4.16. The number of hydrogen-bond donors (Lipinski definition) is 5. The lowest BCUT2D eigenvalue weighted by molar-refractivity contribution is -0.154. The van der Waals surface area contributed by atoms with Gasteiger partial charge in [0.2, 0.25) is 0 Å². The molecule has 10 rings (SSSR count). The van der Waals surface area contributed by atoms with Gasteiger partial charge in [0.1, 0.15) is 42.3 Å². The lowest BCUT2D eigenvalue weighted by Crippen LogP contribution is -2.45. The summed E-state index contributed by atoms with van der Waals surface area (Å²) >= 11 is 0. The number of piperidine rings is 2. The van der Waals surface area contributed by atoms with Gasteiger partial charge in [-0.3, -0.25) is 9.59 Å². The summed E-state index contributed by atoms with van der Waals surface area (Å²) in [6, 6.07) is 5.21. The monoisotopic (exact) mass is 860 g/mol. The molecular weight excluding hydrogens is 797 g/mol. The highest BCUT2D eigenvalue weighted by molar-refractivity contribution is 6.76. The summed E-state index contributed by atoms with van der Waals surface area (Å²) in [7, 11) is -1.09. The number of aliphatic carboxylic acids is 1. The van der Waals surface area contributed by atoms with Crippen LogP contribution >= 0.6 is 0 Å². The van der Waals surface area contributed by atoms with Crippen LogP contribution in [0.2, 0.25) is 25.7 Å². The molecular formula is C44H64N8O8Si. The molecule has 16 nitrogen and oxygen atoms in total. The first-order valence-corrected chi connectivity index (χ1v) is 25.9. The van der Waals surface area contributed by atoms with E-state index in [2.05, 4.69) is 60.4 Å². The Morgan fingerprint density at radius 2 is 1.38 bits per heavy atom. The van der Waals surface area contributed by atoms with Crippen LogP contribution in [0.1, 0.15) is 64.2 Å². The van der Waals surface area contributed by atoms with E-state index in [9.17, 15) is 19.8 Å². The predicted molar refractivity (Wildman–Crippen MR) is 233 cm³/mol. The van der Waals surface area contributed by atoms with Gasteiger partial charge in [-0.15, -0.1) is 0 Å². The number of nitrogens with one attached hydrogen (secondary N) is 1. The van der Waals surface area contributed by atoms with Crippen molar-refractivity contribution in [3.63, 3.8) is 0 Å². The molecule has 0 unspecified atom stereocenters. The minimum atomic E-state index is -1.09. The first-order valence-electron chi connectivity index (χ1n) is 22.1. The number of fused-ring (bicyclic) bond motifs is 2. The fourth-order valence-corrected chi connectivity index (χ4v) is 9.92. The zero-order chi connectivity index (χ0) is 43.0. The third-order valence-electron chi connectivity index (χ3n) is 14.4. The smallest absolute Gasteiger partial charge is 0.309 e. The van der Waals surface area contributed by atoms with Gasteiger partial charge in [0.05, 0.1) is 49.0 Å². The number of carbonyl (C=O) groups excluding carboxylic acids is 1. The van der Waals surface area contributed by atoms with E-state index in [1.165, 1.54) is 0 Å². The molecule has 4 aromatic heterocycles. The van der Waals surface area contributed by atoms with Gasteiger partial charge in [-0.2, -0.15) is 0 Å². The number of hydrogen-bond acceptors (Lipinski definition) is 13. The Labute approximate surface area is 358 Å². The average Bonchev–Trinajstić information content (AvgIpc) is 4.18. The second kappa shape index (κ2) is 17.2. The molecule has 4 aliphatic carbocycles. The number of esters is 1. The van der Waals surface area contributed by atoms with Gasteiger partial charge >= 0.3 is 11.9 Å². The van der Waals surface area contributed by atoms with Gasteiger partial charge in [0.25, 0.3) is 0 Å². The third kappa shape index (κ3) is 9.60. The maximum Gasteiger partial charge on any atom is 0.309 e. The standard InChI is InChI=1S/C20H30N4O3Si.C19H24N4O3.C5H10O2/c1-28(2,3)11-10-27-14-24-8-4-15-17(21-13-22-18(15)24)23-9-5-16(19(25)26)20(12-23)6-7-20;24-10-18(3-4-18)11-26-17(25)14-2-8-23(9-19(14)5-6-19)16-13-1-7-20-15(13)21-12-22-16;6-3-5(4-7)1-2-5/h4,8,13,16H,5-7,9-12,14H2,1-3H3,(H,25,26);1,7,12,14,24H,2-6,8-11H2,(H,20,21,22);6-7H,1-4H2/t16-;14-;/m00./s1. The van der Waals surface area contributed by atoms with Gasteiger partial charge in [-0.05, 0) is 82.4 Å². The lowest BCUT2D eigenvalue weighted by Gasteiger charge is -2.38. The number of carbonyl (C=O) groups is 2. The zero-order valence-electron chi connectivity index (χ0n) is 36.0. The molecule has 0 aromatic carbocycles. The van der Waals surface area contributed by atoms with Crippen molar-refractivity contribution >= 4 is 53.7 Å². The topological polar surface area (TPSA) is 212 Å². The molecule has 4 aromatic rings. The molecule has 2 aliphatic heterocycles. The molecule has 4 saturated carbocycles. The molecule has 2 spiro atoms. The number of rotatable bonds is 14. The number of aliphatic hydroxyl groups is 3. The molecule has 61 heavy (non-hydrogen) atoms. The van der Waals surface area contributed by atoms with Crippen LogP contribution in [0.4, 0.5) is 11.6 Å². The fourth-order valence-electron chi connectivity index (χ4n) is 9.16. The summed E-state index contributed by atoms with van der Waals surface area (Å²) in [5.41, 5.74) is 1.49. The summed E-state index contributed by atoms with van der Waals surface area (Å²) in [5, 5.41) is 38.0. The Kier molecular flexibility index (Phi) is 12.3. The molecule has 6 fully saturated rings. The van der Waals surface area contributed by atoms with Gasteiger partial charge in [0, 0.05) is 74.9 Å². The predicted octanol–water partition coefficient (Wildman–Crippen LogP) is 5.07. The van der Waals surface area contributed by atoms with Crippen LogP contribution < -0.4 is 9.80 Å². The number of H-pyrrole nitrogens is 1. The first kappa shape index (κ1) is 43.5. The second-order valence-corrected chi connectivity index (χ2v) is 25.8. The number of nitrogens with zero attached hydrogens (tertiary/aromatic N) is 7. The summed E-state index contributed by atoms with van der Waals surface area (Å²) < 4.78 is 13.5. The van der Waals surface area contributed by atoms with E-state index in [0.717, 1.165) is 130 Å². The van der Waals surface area contributed by atoms with Crippen LogP contribution in [0.3, 0.4) is 0 Å². The molecule has 0 amide bonds. The highest BCUT2D eigenvalue weighted by atomic mass is 28.3. The molecule has 6 heterocycles. The molecule has 17 heteroatoms. The Bertz CT molecular complexity index is 2170. The molecule has 5 N–H and O–H groups in total. The zero-order valence-corrected chi connectivity index (χ0v) is 37.0. The summed E-state index contributed by atoms with van der Waals surface area (Å²) in [4.78, 5) is 49.8. The lowest BCUT2D eigenvalue weighted by atomic mass is 9.82. The van der Waals surface area contributed by atoms with Crippen LogP contribution in [0, 0.1) is 33.5 Å². The van der Waals surface area contributed by atoms with E-state index >= 15 is 0 Å². The number of carboxylic acids is 1. The second-order valence-electron chi connectivity index (χ2n) is 20.2. The van der Waals surface area contributed by atoms with Crippen LogP contribution in [-0.2, 0) is 25.8 Å². The Balaban J connectivity index is 0.000000146. The molecule has 2 atom stereocenters. The quantitative estimate of drug-likeness (QED) is 0.0637. The summed E-state index contributed by atoms with van der Waals surface area (Å²) in [6.07, 6.45) is 16.6. The van der Waals surface area contributed by atoms with Crippen molar-refractivity contribution < 1.29 is 39.5 Å². The van der Waals surface area contributed by atoms with Gasteiger partial charge in [0.15, 0.2) is 0 Å². The molecule has 0 bridgehead atoms. The Morgan fingerprint density at radius 1 is 0.787 bits per heavy atom. The van der Waals surface area contributed by atoms with Gasteiger partial charge in [-0.25, -0.2) is 19.9 Å².